The predicted molar refractivity (Wildman–Crippen MR) is 74.7 cm³/mol. The van der Waals surface area contributed by atoms with E-state index in [0.29, 0.717) is 5.56 Å². The number of aromatic nitrogens is 1. The Bertz CT molecular complexity index is 564. The second-order valence-electron chi connectivity index (χ2n) is 3.82. The molecule has 0 aliphatic rings. The lowest BCUT2D eigenvalue weighted by Gasteiger charge is -1.97. The van der Waals surface area contributed by atoms with Gasteiger partial charge in [-0.25, -0.2) is 4.98 Å². The summed E-state index contributed by atoms with van der Waals surface area (Å²) in [5.41, 5.74) is 1.81. The zero-order chi connectivity index (χ0) is 12.8. The minimum Gasteiger partial charge on any atom is -0.289 e. The summed E-state index contributed by atoms with van der Waals surface area (Å²) in [4.78, 5) is 16.0. The molecule has 2 rings (SSSR count). The Labute approximate surface area is 111 Å². The van der Waals surface area contributed by atoms with E-state index in [4.69, 9.17) is 0 Å². The molecule has 0 saturated heterocycles. The van der Waals surface area contributed by atoms with Gasteiger partial charge in [0.25, 0.3) is 0 Å². The summed E-state index contributed by atoms with van der Waals surface area (Å²) >= 11 is 1.44. The van der Waals surface area contributed by atoms with Crippen LogP contribution in [0.5, 0.6) is 0 Å². The molecule has 0 unspecified atom stereocenters. The molecule has 1 aromatic carbocycles. The fourth-order valence-electron chi connectivity index (χ4n) is 1.48. The number of carbonyl (C=O) groups is 1. The summed E-state index contributed by atoms with van der Waals surface area (Å²) < 4.78 is 0. The fraction of sp³-hybridized carbons (Fsp3) is 0.0667. The first-order valence-corrected chi connectivity index (χ1v) is 6.49. The van der Waals surface area contributed by atoms with Gasteiger partial charge in [-0.1, -0.05) is 41.6 Å². The molecule has 0 aliphatic carbocycles. The maximum absolute atomic E-state index is 11.9. The molecule has 3 heteroatoms. The van der Waals surface area contributed by atoms with Crippen molar-refractivity contribution in [3.63, 3.8) is 0 Å². The molecule has 2 aromatic rings. The normalized spacial score (nSPS) is 10.7. The number of rotatable bonds is 4. The van der Waals surface area contributed by atoms with Crippen molar-refractivity contribution in [2.45, 2.75) is 11.9 Å². The highest BCUT2D eigenvalue weighted by Gasteiger charge is 2.00. The third-order valence-corrected chi connectivity index (χ3v) is 3.10. The molecular formula is C15H13NOS. The Kier molecular flexibility index (Phi) is 4.31. The number of ketones is 1. The van der Waals surface area contributed by atoms with Crippen LogP contribution in [0.4, 0.5) is 0 Å². The van der Waals surface area contributed by atoms with Crippen LogP contribution in [0.25, 0.3) is 0 Å². The number of hydrogen-bond donors (Lipinski definition) is 0. The number of aryl methyl sites for hydroxylation is 1. The summed E-state index contributed by atoms with van der Waals surface area (Å²) in [7, 11) is 0. The van der Waals surface area contributed by atoms with Crippen LogP contribution in [-0.2, 0) is 0 Å². The molecule has 0 radical (unpaired) electrons. The van der Waals surface area contributed by atoms with Gasteiger partial charge in [0.2, 0.25) is 0 Å². The largest absolute Gasteiger partial charge is 0.289 e. The molecule has 0 spiro atoms. The summed E-state index contributed by atoms with van der Waals surface area (Å²) in [6, 6.07) is 13.3. The molecule has 0 saturated carbocycles. The summed E-state index contributed by atoms with van der Waals surface area (Å²) in [5.74, 6) is 0.0159. The van der Waals surface area contributed by atoms with Crippen LogP contribution in [0.15, 0.2) is 65.2 Å². The van der Waals surface area contributed by atoms with E-state index in [0.717, 1.165) is 10.6 Å². The Balaban J connectivity index is 1.99. The van der Waals surface area contributed by atoms with Gasteiger partial charge in [-0.15, -0.1) is 0 Å². The van der Waals surface area contributed by atoms with Crippen molar-refractivity contribution in [2.24, 2.45) is 0 Å². The number of pyridine rings is 1. The first-order chi connectivity index (χ1) is 8.75. The van der Waals surface area contributed by atoms with E-state index >= 15 is 0 Å². The van der Waals surface area contributed by atoms with Crippen LogP contribution < -0.4 is 0 Å². The van der Waals surface area contributed by atoms with E-state index in [-0.39, 0.29) is 5.78 Å². The van der Waals surface area contributed by atoms with Crippen LogP contribution in [0.1, 0.15) is 15.9 Å². The molecule has 0 N–H and O–H groups in total. The van der Waals surface area contributed by atoms with Crippen molar-refractivity contribution in [1.82, 2.24) is 4.98 Å². The molecule has 0 fully saturated rings. The average molecular weight is 255 g/mol. The lowest BCUT2D eigenvalue weighted by atomic mass is 10.1. The third-order valence-electron chi connectivity index (χ3n) is 2.35. The highest BCUT2D eigenvalue weighted by Crippen LogP contribution is 2.15. The maximum Gasteiger partial charge on any atom is 0.186 e. The molecule has 90 valence electrons. The smallest absolute Gasteiger partial charge is 0.186 e. The van der Waals surface area contributed by atoms with Gasteiger partial charge < -0.3 is 0 Å². The van der Waals surface area contributed by atoms with E-state index in [1.54, 1.807) is 17.7 Å². The highest BCUT2D eigenvalue weighted by molar-refractivity contribution is 8.02. The zero-order valence-corrected chi connectivity index (χ0v) is 10.9. The van der Waals surface area contributed by atoms with Gasteiger partial charge in [0.1, 0.15) is 5.03 Å². The van der Waals surface area contributed by atoms with Crippen molar-refractivity contribution >= 4 is 17.5 Å². The van der Waals surface area contributed by atoms with Crippen molar-refractivity contribution in [3.05, 3.63) is 71.3 Å². The van der Waals surface area contributed by atoms with E-state index in [9.17, 15) is 4.79 Å². The number of thioether (sulfide) groups is 1. The maximum atomic E-state index is 11.9. The molecule has 1 heterocycles. The van der Waals surface area contributed by atoms with Gasteiger partial charge in [-0.05, 0) is 36.6 Å². The molecule has 2 nitrogen and oxygen atoms in total. The van der Waals surface area contributed by atoms with Gasteiger partial charge >= 0.3 is 0 Å². The van der Waals surface area contributed by atoms with E-state index in [1.807, 2.05) is 49.4 Å². The second-order valence-corrected chi connectivity index (χ2v) is 4.75. The van der Waals surface area contributed by atoms with Crippen LogP contribution >= 0.6 is 11.8 Å². The molecule has 18 heavy (non-hydrogen) atoms. The Morgan fingerprint density at radius 3 is 2.83 bits per heavy atom. The zero-order valence-electron chi connectivity index (χ0n) is 10.0. The first kappa shape index (κ1) is 12.6. The monoisotopic (exact) mass is 255 g/mol. The molecular weight excluding hydrogens is 242 g/mol. The third kappa shape index (κ3) is 3.57. The van der Waals surface area contributed by atoms with Gasteiger partial charge in [-0.3, -0.25) is 4.79 Å². The van der Waals surface area contributed by atoms with Gasteiger partial charge in [-0.2, -0.15) is 0 Å². The van der Waals surface area contributed by atoms with Gasteiger partial charge in [0.15, 0.2) is 5.78 Å². The van der Waals surface area contributed by atoms with Crippen LogP contribution in [-0.4, -0.2) is 10.8 Å². The molecule has 0 bridgehead atoms. The minimum absolute atomic E-state index is 0.0159. The van der Waals surface area contributed by atoms with Crippen LogP contribution in [0.2, 0.25) is 0 Å². The topological polar surface area (TPSA) is 30.0 Å². The van der Waals surface area contributed by atoms with E-state index < -0.39 is 0 Å². The van der Waals surface area contributed by atoms with Crippen molar-refractivity contribution in [3.8, 4) is 0 Å². The standard InChI is InChI=1S/C15H13NOS/c1-12-5-4-6-13(11-12)14(17)8-10-18-15-7-2-3-9-16-15/h2-11H,1H3. The molecule has 1 aromatic heterocycles. The molecule has 0 atom stereocenters. The van der Waals surface area contributed by atoms with Crippen molar-refractivity contribution < 1.29 is 4.79 Å². The minimum atomic E-state index is 0.0159. The SMILES string of the molecule is Cc1cccc(C(=O)C=CSc2ccccn2)c1. The Morgan fingerprint density at radius 1 is 1.22 bits per heavy atom. The van der Waals surface area contributed by atoms with Crippen LogP contribution in [0.3, 0.4) is 0 Å². The van der Waals surface area contributed by atoms with Crippen molar-refractivity contribution in [2.75, 3.05) is 0 Å². The lowest BCUT2D eigenvalue weighted by molar-refractivity contribution is 0.104. The Hall–Kier alpha value is -1.87. The van der Waals surface area contributed by atoms with E-state index in [1.165, 1.54) is 11.8 Å². The first-order valence-electron chi connectivity index (χ1n) is 5.61. The highest BCUT2D eigenvalue weighted by atomic mass is 32.2. The fourth-order valence-corrected chi connectivity index (χ4v) is 2.09. The average Bonchev–Trinajstić information content (AvgIpc) is 2.40. The molecule has 0 aliphatic heterocycles. The number of allylic oxidation sites excluding steroid dienone is 1. The van der Waals surface area contributed by atoms with Gasteiger partial charge in [0.05, 0.1) is 0 Å². The van der Waals surface area contributed by atoms with E-state index in [2.05, 4.69) is 4.98 Å². The summed E-state index contributed by atoms with van der Waals surface area (Å²) in [6.07, 6.45) is 3.31. The predicted octanol–water partition coefficient (Wildman–Crippen LogP) is 3.88. The number of carbonyl (C=O) groups excluding carboxylic acids is 1. The second kappa shape index (κ2) is 6.17. The summed E-state index contributed by atoms with van der Waals surface area (Å²) in [6.45, 7) is 1.98. The number of hydrogen-bond acceptors (Lipinski definition) is 3. The number of benzene rings is 1. The Morgan fingerprint density at radius 2 is 2.11 bits per heavy atom. The lowest BCUT2D eigenvalue weighted by Crippen LogP contribution is -1.93. The quantitative estimate of drug-likeness (QED) is 0.472. The van der Waals surface area contributed by atoms with Crippen LogP contribution in [0, 0.1) is 6.92 Å². The van der Waals surface area contributed by atoms with Crippen molar-refractivity contribution in [1.29, 1.82) is 0 Å². The summed E-state index contributed by atoms with van der Waals surface area (Å²) in [5, 5.41) is 2.65. The number of nitrogens with zero attached hydrogens (tertiary/aromatic N) is 1. The van der Waals surface area contributed by atoms with Gasteiger partial charge in [0, 0.05) is 11.8 Å². The molecule has 0 amide bonds.